The number of benzene rings is 1. The number of esters is 3. The summed E-state index contributed by atoms with van der Waals surface area (Å²) in [5.41, 5.74) is -5.89. The van der Waals surface area contributed by atoms with E-state index in [9.17, 15) is 24.6 Å². The van der Waals surface area contributed by atoms with Crippen molar-refractivity contribution >= 4 is 33.2 Å². The first-order valence-corrected chi connectivity index (χ1v) is 14.8. The van der Waals surface area contributed by atoms with Crippen molar-refractivity contribution in [2.45, 2.75) is 96.1 Å². The molecule has 1 aliphatic heterocycles. The van der Waals surface area contributed by atoms with E-state index in [4.69, 9.17) is 23.5 Å². The third kappa shape index (κ3) is 4.50. The molecule has 0 aromatic heterocycles. The molecule has 3 fully saturated rings. The molecule has 5 rings (SSSR count). The Labute approximate surface area is 252 Å². The van der Waals surface area contributed by atoms with Crippen LogP contribution in [0.5, 0.6) is 0 Å². The summed E-state index contributed by atoms with van der Waals surface area (Å²) in [6.07, 6.45) is -6.20. The topological polar surface area (TPSA) is 155 Å². The summed E-state index contributed by atoms with van der Waals surface area (Å²) in [4.78, 5) is 54.0. The van der Waals surface area contributed by atoms with Gasteiger partial charge in [0.1, 0.15) is 17.8 Å². The van der Waals surface area contributed by atoms with Crippen molar-refractivity contribution < 1.29 is 52.9 Å². The maximum Gasteiger partial charge on any atom is 0.338 e. The van der Waals surface area contributed by atoms with Crippen molar-refractivity contribution in [1.29, 1.82) is 0 Å². The van der Waals surface area contributed by atoms with E-state index in [1.54, 1.807) is 58.0 Å². The highest BCUT2D eigenvalue weighted by atomic mass is 31.0. The van der Waals surface area contributed by atoms with Crippen LogP contribution in [0.2, 0.25) is 0 Å². The molecule has 1 saturated heterocycles. The van der Waals surface area contributed by atoms with Gasteiger partial charge in [0.05, 0.1) is 35.7 Å². The standard InChI is InChI=1S/C31H39O11P/c1-15-19(34)13-31(37)26(40-27(36)18-10-8-7-9-11-18)24-29(6,25(35)23(39-16(2)32)22(15)28(31,4)5)20(42-43)12-21-30(24,14-38-21)41-17(3)33/h7-11,19-21,23-24,26,34,37H,12-14,43H2,1-6H3/t19?,20?,21?,23?,24?,26?,29-,30?,31?/m1/s1. The fourth-order valence-corrected chi connectivity index (χ4v) is 8.48. The maximum atomic E-state index is 15.0. The number of carbonyl (C=O) groups excluding carboxylic acids is 4. The predicted molar refractivity (Wildman–Crippen MR) is 153 cm³/mol. The average Bonchev–Trinajstić information content (AvgIpc) is 2.92. The van der Waals surface area contributed by atoms with Crippen LogP contribution >= 0.6 is 9.47 Å². The number of hydrogen-bond donors (Lipinski definition) is 2. The van der Waals surface area contributed by atoms with Crippen molar-refractivity contribution in [3.05, 3.63) is 47.0 Å². The Bertz CT molecular complexity index is 1370. The highest BCUT2D eigenvalue weighted by Gasteiger charge is 2.78. The zero-order valence-electron chi connectivity index (χ0n) is 25.1. The molecule has 2 bridgehead atoms. The zero-order chi connectivity index (χ0) is 31.7. The summed E-state index contributed by atoms with van der Waals surface area (Å²) in [6.45, 7) is 8.79. The van der Waals surface area contributed by atoms with Gasteiger partial charge in [-0.15, -0.1) is 0 Å². The molecular formula is C31H39O11P. The van der Waals surface area contributed by atoms with Crippen molar-refractivity contribution in [3.8, 4) is 0 Å². The van der Waals surface area contributed by atoms with E-state index >= 15 is 4.79 Å². The summed E-state index contributed by atoms with van der Waals surface area (Å²) in [5.74, 6) is -4.04. The first-order valence-electron chi connectivity index (χ1n) is 14.3. The van der Waals surface area contributed by atoms with Gasteiger partial charge in [0.25, 0.3) is 0 Å². The number of aliphatic hydroxyl groups is 2. The van der Waals surface area contributed by atoms with Gasteiger partial charge < -0.3 is 33.7 Å². The molecule has 0 radical (unpaired) electrons. The second kappa shape index (κ2) is 10.7. The number of hydrogen-bond acceptors (Lipinski definition) is 11. The van der Waals surface area contributed by atoms with Gasteiger partial charge in [-0.2, -0.15) is 0 Å². The van der Waals surface area contributed by atoms with Crippen LogP contribution in [0.1, 0.15) is 64.7 Å². The van der Waals surface area contributed by atoms with Gasteiger partial charge in [-0.3, -0.25) is 14.4 Å². The van der Waals surface area contributed by atoms with Crippen molar-refractivity contribution in [2.24, 2.45) is 16.7 Å². The molecule has 4 aliphatic rings. The molecule has 1 aromatic carbocycles. The molecule has 1 aromatic rings. The summed E-state index contributed by atoms with van der Waals surface area (Å²) in [5, 5.41) is 24.3. The number of ether oxygens (including phenoxy) is 4. The van der Waals surface area contributed by atoms with Gasteiger partial charge in [-0.05, 0) is 37.1 Å². The molecule has 11 nitrogen and oxygen atoms in total. The highest BCUT2D eigenvalue weighted by molar-refractivity contribution is 7.09. The van der Waals surface area contributed by atoms with Gasteiger partial charge >= 0.3 is 17.9 Å². The normalized spacial score (nSPS) is 39.7. The number of Topliss-reactive ketones (excluding diaryl/α,β-unsaturated/α-hetero) is 1. The molecule has 2 saturated carbocycles. The molecular weight excluding hydrogens is 579 g/mol. The molecule has 0 amide bonds. The minimum Gasteiger partial charge on any atom is -0.455 e. The molecule has 234 valence electrons. The van der Waals surface area contributed by atoms with E-state index in [1.807, 2.05) is 0 Å². The SMILES string of the molecule is CC(=O)OC1C(=O)[C@]2(C)C(OP)CC3OCC3(OC(C)=O)C2C(OC(=O)c2ccccc2)C2(O)CC(O)C(C)=C1C2(C)C. The summed E-state index contributed by atoms with van der Waals surface area (Å²) in [7, 11) is 2.16. The van der Waals surface area contributed by atoms with E-state index in [0.717, 1.165) is 0 Å². The van der Waals surface area contributed by atoms with E-state index in [-0.39, 0.29) is 30.6 Å². The number of aliphatic hydroxyl groups excluding tert-OH is 1. The lowest BCUT2D eigenvalue weighted by molar-refractivity contribution is -0.343. The third-order valence-electron chi connectivity index (χ3n) is 10.3. The smallest absolute Gasteiger partial charge is 0.338 e. The quantitative estimate of drug-likeness (QED) is 0.216. The van der Waals surface area contributed by atoms with Crippen molar-refractivity contribution in [3.63, 3.8) is 0 Å². The van der Waals surface area contributed by atoms with Crippen LogP contribution in [-0.4, -0.2) is 82.2 Å². The molecule has 1 heterocycles. The van der Waals surface area contributed by atoms with Crippen LogP contribution in [0.3, 0.4) is 0 Å². The highest BCUT2D eigenvalue weighted by Crippen LogP contribution is 2.64. The molecule has 2 N–H and O–H groups in total. The molecule has 3 aliphatic carbocycles. The number of ketones is 1. The fourth-order valence-electron chi connectivity index (χ4n) is 8.08. The second-order valence-corrected chi connectivity index (χ2v) is 13.2. The van der Waals surface area contributed by atoms with E-state index in [0.29, 0.717) is 5.57 Å². The first-order chi connectivity index (χ1) is 20.1. The van der Waals surface area contributed by atoms with Gasteiger partial charge in [0.15, 0.2) is 17.5 Å². The van der Waals surface area contributed by atoms with Crippen LogP contribution in [0.25, 0.3) is 0 Å². The van der Waals surface area contributed by atoms with Crippen LogP contribution in [0.15, 0.2) is 41.5 Å². The number of rotatable bonds is 5. The van der Waals surface area contributed by atoms with E-state index < -0.39 is 82.2 Å². The van der Waals surface area contributed by atoms with Crippen LogP contribution in [0, 0.1) is 16.7 Å². The van der Waals surface area contributed by atoms with Crippen molar-refractivity contribution in [1.82, 2.24) is 0 Å². The van der Waals surface area contributed by atoms with Crippen LogP contribution in [-0.2, 0) is 37.9 Å². The molecule has 0 spiro atoms. The van der Waals surface area contributed by atoms with Crippen molar-refractivity contribution in [2.75, 3.05) is 6.61 Å². The van der Waals surface area contributed by atoms with Gasteiger partial charge in [-0.1, -0.05) is 32.0 Å². The number of carbonyl (C=O) groups is 4. The first kappa shape index (κ1) is 31.7. The van der Waals surface area contributed by atoms with Crippen LogP contribution in [0.4, 0.5) is 0 Å². The lowest BCUT2D eigenvalue weighted by Crippen LogP contribution is -2.82. The Balaban J connectivity index is 1.86. The Hall–Kier alpha value is -2.69. The lowest BCUT2D eigenvalue weighted by Gasteiger charge is -2.67. The minimum atomic E-state index is -2.06. The maximum absolute atomic E-state index is 15.0. The third-order valence-corrected chi connectivity index (χ3v) is 10.7. The molecule has 12 heteroatoms. The van der Waals surface area contributed by atoms with Crippen LogP contribution < -0.4 is 0 Å². The Morgan fingerprint density at radius 1 is 1.05 bits per heavy atom. The molecule has 9 unspecified atom stereocenters. The second-order valence-electron chi connectivity index (χ2n) is 12.9. The van der Waals surface area contributed by atoms with E-state index in [2.05, 4.69) is 9.47 Å². The fraction of sp³-hybridized carbons (Fsp3) is 0.613. The Morgan fingerprint density at radius 2 is 1.70 bits per heavy atom. The summed E-state index contributed by atoms with van der Waals surface area (Å²) >= 11 is 0. The lowest BCUT2D eigenvalue weighted by atomic mass is 9.44. The summed E-state index contributed by atoms with van der Waals surface area (Å²) < 4.78 is 29.7. The van der Waals surface area contributed by atoms with Gasteiger partial charge in [-0.25, -0.2) is 4.79 Å². The monoisotopic (exact) mass is 618 g/mol. The van der Waals surface area contributed by atoms with Gasteiger partial charge in [0.2, 0.25) is 0 Å². The van der Waals surface area contributed by atoms with E-state index in [1.165, 1.54) is 13.8 Å². The zero-order valence-corrected chi connectivity index (χ0v) is 26.3. The average molecular weight is 619 g/mol. The Morgan fingerprint density at radius 3 is 2.23 bits per heavy atom. The minimum absolute atomic E-state index is 0.115. The largest absolute Gasteiger partial charge is 0.455 e. The molecule has 43 heavy (non-hydrogen) atoms. The van der Waals surface area contributed by atoms with Gasteiger partial charge in [0, 0.05) is 41.6 Å². The number of fused-ring (bicyclic) bond motifs is 5. The molecule has 10 atom stereocenters. The predicted octanol–water partition coefficient (Wildman–Crippen LogP) is 2.47. The Kier molecular flexibility index (Phi) is 7.92. The summed E-state index contributed by atoms with van der Waals surface area (Å²) in [6, 6.07) is 8.17.